The third kappa shape index (κ3) is 3.93. The van der Waals surface area contributed by atoms with Crippen molar-refractivity contribution < 1.29 is 8.81 Å². The average Bonchev–Trinajstić information content (AvgIpc) is 3.12. The van der Waals surface area contributed by atoms with E-state index in [9.17, 15) is 9.18 Å². The number of benzene rings is 3. The van der Waals surface area contributed by atoms with Gasteiger partial charge in [0.25, 0.3) is 0 Å². The Morgan fingerprint density at radius 3 is 2.63 bits per heavy atom. The van der Waals surface area contributed by atoms with E-state index in [1.165, 1.54) is 0 Å². The molecule has 1 aliphatic rings. The number of hydrogen-bond donors (Lipinski definition) is 1. The highest BCUT2D eigenvalue weighted by Gasteiger charge is 2.21. The minimum absolute atomic E-state index is 0. The van der Waals surface area contributed by atoms with Gasteiger partial charge in [-0.1, -0.05) is 36.4 Å². The second-order valence-corrected chi connectivity index (χ2v) is 7.54. The summed E-state index contributed by atoms with van der Waals surface area (Å²) in [6.45, 7) is 4.31. The number of hydrogen-bond acceptors (Lipinski definition) is 4. The maximum Gasteiger partial charge on any atom is 0.417 e. The van der Waals surface area contributed by atoms with Crippen LogP contribution in [0.5, 0.6) is 0 Å². The first-order chi connectivity index (χ1) is 14.2. The van der Waals surface area contributed by atoms with Gasteiger partial charge in [-0.3, -0.25) is 9.88 Å². The molecule has 2 heterocycles. The van der Waals surface area contributed by atoms with Crippen LogP contribution in [0.4, 0.5) is 10.1 Å². The molecule has 156 valence electrons. The Morgan fingerprint density at radius 1 is 1.00 bits per heavy atom. The molecular formula is C23H23ClFN3O2. The largest absolute Gasteiger partial charge is 0.417 e. The third-order valence-corrected chi connectivity index (χ3v) is 5.74. The molecule has 0 saturated carbocycles. The first-order valence-corrected chi connectivity index (χ1v) is 9.94. The fraction of sp³-hybridized carbons (Fsp3) is 0.261. The van der Waals surface area contributed by atoms with Crippen LogP contribution in [0.2, 0.25) is 0 Å². The number of rotatable bonds is 4. The number of piperazine rings is 1. The SMILES string of the molecule is Cl.O=c1[nH]c2ccc(CCN3CCN(c4c(F)ccc5ccccc45)CC3)cc2o1. The molecule has 3 aromatic carbocycles. The lowest BCUT2D eigenvalue weighted by atomic mass is 10.1. The van der Waals surface area contributed by atoms with Crippen LogP contribution in [0.25, 0.3) is 21.9 Å². The molecule has 0 bridgehead atoms. The molecular weight excluding hydrogens is 405 g/mol. The summed E-state index contributed by atoms with van der Waals surface area (Å²) in [6, 6.07) is 17.2. The molecule has 0 spiro atoms. The quantitative estimate of drug-likeness (QED) is 0.530. The summed E-state index contributed by atoms with van der Waals surface area (Å²) in [5.74, 6) is -0.576. The standard InChI is InChI=1S/C23H22FN3O2.ClH/c24-19-7-6-17-3-1-2-4-18(17)22(19)27-13-11-26(12-14-27)10-9-16-5-8-20-21(15-16)29-23(28)25-20;/h1-8,15H,9-14H2,(H,25,28);1H. The molecule has 0 unspecified atom stereocenters. The Bertz CT molecular complexity index is 1230. The fourth-order valence-electron chi connectivity index (χ4n) is 4.18. The molecule has 1 aromatic heterocycles. The summed E-state index contributed by atoms with van der Waals surface area (Å²) in [7, 11) is 0. The second kappa shape index (κ2) is 8.50. The minimum Gasteiger partial charge on any atom is -0.408 e. The van der Waals surface area contributed by atoms with Crippen LogP contribution in [0.3, 0.4) is 0 Å². The molecule has 0 atom stereocenters. The van der Waals surface area contributed by atoms with Gasteiger partial charge in [-0.15, -0.1) is 12.4 Å². The van der Waals surface area contributed by atoms with Crippen molar-refractivity contribution in [3.63, 3.8) is 0 Å². The van der Waals surface area contributed by atoms with Crippen molar-refractivity contribution in [1.29, 1.82) is 0 Å². The van der Waals surface area contributed by atoms with E-state index in [4.69, 9.17) is 4.42 Å². The first-order valence-electron chi connectivity index (χ1n) is 9.94. The second-order valence-electron chi connectivity index (χ2n) is 7.54. The summed E-state index contributed by atoms with van der Waals surface area (Å²) >= 11 is 0. The summed E-state index contributed by atoms with van der Waals surface area (Å²) in [4.78, 5) is 18.5. The van der Waals surface area contributed by atoms with Crippen molar-refractivity contribution in [2.75, 3.05) is 37.6 Å². The molecule has 1 fully saturated rings. The zero-order valence-corrected chi connectivity index (χ0v) is 17.3. The Labute approximate surface area is 179 Å². The van der Waals surface area contributed by atoms with E-state index in [-0.39, 0.29) is 18.2 Å². The van der Waals surface area contributed by atoms with Crippen LogP contribution >= 0.6 is 12.4 Å². The van der Waals surface area contributed by atoms with Gasteiger partial charge in [0.15, 0.2) is 5.58 Å². The number of H-pyrrole nitrogens is 1. The lowest BCUT2D eigenvalue weighted by molar-refractivity contribution is 0.260. The van der Waals surface area contributed by atoms with Crippen molar-refractivity contribution in [2.24, 2.45) is 0 Å². The van der Waals surface area contributed by atoms with Crippen LogP contribution in [-0.4, -0.2) is 42.6 Å². The van der Waals surface area contributed by atoms with E-state index in [1.54, 1.807) is 6.07 Å². The Kier molecular flexibility index (Phi) is 5.79. The Morgan fingerprint density at radius 2 is 1.80 bits per heavy atom. The van der Waals surface area contributed by atoms with Gasteiger partial charge in [0.05, 0.1) is 11.2 Å². The van der Waals surface area contributed by atoms with E-state index in [0.717, 1.165) is 66.7 Å². The number of aromatic amines is 1. The number of nitrogens with one attached hydrogen (secondary N) is 1. The van der Waals surface area contributed by atoms with Gasteiger partial charge in [0.1, 0.15) is 5.82 Å². The molecule has 1 aliphatic heterocycles. The third-order valence-electron chi connectivity index (χ3n) is 5.74. The Hall–Kier alpha value is -2.83. The number of oxazole rings is 1. The zero-order valence-electron chi connectivity index (χ0n) is 16.4. The van der Waals surface area contributed by atoms with Crippen LogP contribution < -0.4 is 10.7 Å². The Balaban J connectivity index is 0.00000218. The van der Waals surface area contributed by atoms with E-state index < -0.39 is 5.76 Å². The minimum atomic E-state index is -0.422. The normalized spacial score (nSPS) is 14.9. The molecule has 0 radical (unpaired) electrons. The monoisotopic (exact) mass is 427 g/mol. The zero-order chi connectivity index (χ0) is 19.8. The van der Waals surface area contributed by atoms with Gasteiger partial charge >= 0.3 is 5.76 Å². The van der Waals surface area contributed by atoms with Gasteiger partial charge in [-0.05, 0) is 35.6 Å². The average molecular weight is 428 g/mol. The lowest BCUT2D eigenvalue weighted by Crippen LogP contribution is -2.47. The van der Waals surface area contributed by atoms with Crippen molar-refractivity contribution in [2.45, 2.75) is 6.42 Å². The molecule has 0 amide bonds. The highest BCUT2D eigenvalue weighted by atomic mass is 35.5. The predicted molar refractivity (Wildman–Crippen MR) is 120 cm³/mol. The number of halogens is 2. The number of anilines is 1. The van der Waals surface area contributed by atoms with Crippen molar-refractivity contribution in [3.05, 3.63) is 76.5 Å². The smallest absolute Gasteiger partial charge is 0.408 e. The van der Waals surface area contributed by atoms with Gasteiger partial charge in [0, 0.05) is 38.1 Å². The summed E-state index contributed by atoms with van der Waals surface area (Å²) in [5, 5.41) is 2.04. The van der Waals surface area contributed by atoms with Crippen molar-refractivity contribution >= 4 is 40.0 Å². The maximum atomic E-state index is 14.6. The topological polar surface area (TPSA) is 52.5 Å². The van der Waals surface area contributed by atoms with Crippen LogP contribution in [0.15, 0.2) is 63.8 Å². The van der Waals surface area contributed by atoms with E-state index in [1.807, 2.05) is 48.5 Å². The lowest BCUT2D eigenvalue weighted by Gasteiger charge is -2.36. The molecule has 1 saturated heterocycles. The summed E-state index contributed by atoms with van der Waals surface area (Å²) in [5.41, 5.74) is 3.19. The molecule has 1 N–H and O–H groups in total. The van der Waals surface area contributed by atoms with E-state index in [0.29, 0.717) is 5.58 Å². The summed E-state index contributed by atoms with van der Waals surface area (Å²) < 4.78 is 19.8. The number of aromatic nitrogens is 1. The maximum absolute atomic E-state index is 14.6. The number of nitrogens with zero attached hydrogens (tertiary/aromatic N) is 2. The van der Waals surface area contributed by atoms with Crippen LogP contribution in [0, 0.1) is 5.82 Å². The van der Waals surface area contributed by atoms with Gasteiger partial charge in [-0.25, -0.2) is 9.18 Å². The number of fused-ring (bicyclic) bond motifs is 2. The van der Waals surface area contributed by atoms with E-state index in [2.05, 4.69) is 14.8 Å². The van der Waals surface area contributed by atoms with Crippen LogP contribution in [0.1, 0.15) is 5.56 Å². The predicted octanol–water partition coefficient (Wildman–Crippen LogP) is 4.20. The van der Waals surface area contributed by atoms with Crippen molar-refractivity contribution in [1.82, 2.24) is 9.88 Å². The van der Waals surface area contributed by atoms with Gasteiger partial charge in [-0.2, -0.15) is 0 Å². The fourth-order valence-corrected chi connectivity index (χ4v) is 4.18. The van der Waals surface area contributed by atoms with Crippen molar-refractivity contribution in [3.8, 4) is 0 Å². The molecule has 5 nitrogen and oxygen atoms in total. The summed E-state index contributed by atoms with van der Waals surface area (Å²) in [6.07, 6.45) is 0.882. The van der Waals surface area contributed by atoms with Gasteiger partial charge < -0.3 is 9.32 Å². The first kappa shape index (κ1) is 20.4. The van der Waals surface area contributed by atoms with Crippen LogP contribution in [-0.2, 0) is 6.42 Å². The molecule has 0 aliphatic carbocycles. The molecule has 7 heteroatoms. The van der Waals surface area contributed by atoms with Gasteiger partial charge in [0.2, 0.25) is 0 Å². The highest BCUT2D eigenvalue weighted by molar-refractivity contribution is 5.94. The van der Waals surface area contributed by atoms with E-state index >= 15 is 0 Å². The molecule has 5 rings (SSSR count). The highest BCUT2D eigenvalue weighted by Crippen LogP contribution is 2.30. The molecule has 30 heavy (non-hydrogen) atoms. The molecule has 4 aromatic rings.